The first-order chi connectivity index (χ1) is 13.5. The molecular formula is C24H22O4. The highest BCUT2D eigenvalue weighted by atomic mass is 16.5. The Kier molecular flexibility index (Phi) is 6.22. The summed E-state index contributed by atoms with van der Waals surface area (Å²) in [5.74, 6) is -0.568. The Bertz CT molecular complexity index is 946. The highest BCUT2D eigenvalue weighted by Crippen LogP contribution is 2.19. The number of hydrogen-bond acceptors (Lipinski definition) is 3. The predicted molar refractivity (Wildman–Crippen MR) is 108 cm³/mol. The fraction of sp³-hybridized carbons (Fsp3) is 0.167. The summed E-state index contributed by atoms with van der Waals surface area (Å²) in [4.78, 5) is 23.7. The number of hydrogen-bond donors (Lipinski definition) is 1. The second-order valence-corrected chi connectivity index (χ2v) is 6.77. The number of ether oxygens (including phenoxy) is 1. The van der Waals surface area contributed by atoms with E-state index in [1.54, 1.807) is 12.1 Å². The average molecular weight is 374 g/mol. The summed E-state index contributed by atoms with van der Waals surface area (Å²) in [6.07, 6.45) is 0.578. The van der Waals surface area contributed by atoms with E-state index < -0.39 is 5.97 Å². The Labute approximate surface area is 164 Å². The highest BCUT2D eigenvalue weighted by molar-refractivity contribution is 6.00. The molecule has 1 atom stereocenters. The zero-order valence-corrected chi connectivity index (χ0v) is 15.7. The van der Waals surface area contributed by atoms with Crippen LogP contribution in [0.2, 0.25) is 0 Å². The van der Waals surface area contributed by atoms with Crippen LogP contribution in [0.15, 0.2) is 78.9 Å². The molecule has 0 aliphatic carbocycles. The van der Waals surface area contributed by atoms with Gasteiger partial charge in [-0.3, -0.25) is 4.79 Å². The number of carbonyl (C=O) groups excluding carboxylic acids is 1. The van der Waals surface area contributed by atoms with Crippen LogP contribution >= 0.6 is 0 Å². The molecule has 3 rings (SSSR count). The van der Waals surface area contributed by atoms with E-state index in [-0.39, 0.29) is 17.3 Å². The van der Waals surface area contributed by atoms with Crippen LogP contribution < -0.4 is 4.74 Å². The van der Waals surface area contributed by atoms with E-state index >= 15 is 0 Å². The lowest BCUT2D eigenvalue weighted by atomic mass is 9.92. The molecule has 3 aromatic rings. The monoisotopic (exact) mass is 374 g/mol. The Morgan fingerprint density at radius 2 is 1.54 bits per heavy atom. The molecule has 28 heavy (non-hydrogen) atoms. The van der Waals surface area contributed by atoms with E-state index in [1.165, 1.54) is 12.1 Å². The molecule has 0 aliphatic rings. The first-order valence-electron chi connectivity index (χ1n) is 9.16. The second-order valence-electron chi connectivity index (χ2n) is 6.77. The number of benzene rings is 3. The third-order valence-electron chi connectivity index (χ3n) is 4.56. The zero-order chi connectivity index (χ0) is 19.9. The molecule has 1 N–H and O–H groups in total. The first-order valence-corrected chi connectivity index (χ1v) is 9.16. The fourth-order valence-electron chi connectivity index (χ4n) is 3.00. The van der Waals surface area contributed by atoms with Gasteiger partial charge in [0.15, 0.2) is 5.78 Å². The summed E-state index contributed by atoms with van der Waals surface area (Å²) < 4.78 is 5.78. The summed E-state index contributed by atoms with van der Waals surface area (Å²) in [7, 11) is 0. The molecule has 0 amide bonds. The molecular weight excluding hydrogens is 352 g/mol. The van der Waals surface area contributed by atoms with E-state index in [1.807, 2.05) is 61.5 Å². The molecule has 0 aromatic heterocycles. The number of carboxylic acid groups (broad SMARTS) is 1. The second kappa shape index (κ2) is 9.00. The minimum atomic E-state index is -1.03. The summed E-state index contributed by atoms with van der Waals surface area (Å²) in [5.41, 5.74) is 2.69. The van der Waals surface area contributed by atoms with Crippen molar-refractivity contribution in [2.45, 2.75) is 20.0 Å². The standard InChI is InChI=1S/C24H22O4/c1-17(23(25)20-8-5-9-21(15-20)24(26)27)14-18-10-12-22(13-11-18)28-16-19-6-3-2-4-7-19/h2-13,15,17H,14,16H2,1H3,(H,26,27)/t17-/m0/s1. The summed E-state index contributed by atoms with van der Waals surface area (Å²) in [5, 5.41) is 9.08. The van der Waals surface area contributed by atoms with Gasteiger partial charge in [-0.1, -0.05) is 61.5 Å². The van der Waals surface area contributed by atoms with Crippen LogP contribution in [0.5, 0.6) is 5.75 Å². The third kappa shape index (κ3) is 5.07. The van der Waals surface area contributed by atoms with Crippen LogP contribution in [0.1, 0.15) is 38.8 Å². The smallest absolute Gasteiger partial charge is 0.335 e. The van der Waals surface area contributed by atoms with Crippen molar-refractivity contribution in [1.29, 1.82) is 0 Å². The lowest BCUT2D eigenvalue weighted by molar-refractivity contribution is 0.0697. The van der Waals surface area contributed by atoms with Gasteiger partial charge in [0.1, 0.15) is 12.4 Å². The fourth-order valence-corrected chi connectivity index (χ4v) is 3.00. The summed E-state index contributed by atoms with van der Waals surface area (Å²) in [6.45, 7) is 2.37. The van der Waals surface area contributed by atoms with Gasteiger partial charge in [-0.05, 0) is 41.8 Å². The van der Waals surface area contributed by atoms with Crippen LogP contribution in [0.3, 0.4) is 0 Å². The lowest BCUT2D eigenvalue weighted by Gasteiger charge is -2.12. The van der Waals surface area contributed by atoms with E-state index in [0.717, 1.165) is 16.9 Å². The van der Waals surface area contributed by atoms with Gasteiger partial charge < -0.3 is 9.84 Å². The van der Waals surface area contributed by atoms with Crippen LogP contribution in [-0.2, 0) is 13.0 Å². The maximum Gasteiger partial charge on any atom is 0.335 e. The van der Waals surface area contributed by atoms with Crippen molar-refractivity contribution in [2.75, 3.05) is 0 Å². The van der Waals surface area contributed by atoms with Crippen LogP contribution in [0.25, 0.3) is 0 Å². The van der Waals surface area contributed by atoms with Gasteiger partial charge in [0.2, 0.25) is 0 Å². The van der Waals surface area contributed by atoms with Gasteiger partial charge >= 0.3 is 5.97 Å². The Hall–Kier alpha value is -3.40. The van der Waals surface area contributed by atoms with E-state index in [0.29, 0.717) is 18.6 Å². The number of ketones is 1. The van der Waals surface area contributed by atoms with Crippen molar-refractivity contribution in [2.24, 2.45) is 5.92 Å². The SMILES string of the molecule is C[C@@H](Cc1ccc(OCc2ccccc2)cc1)C(=O)c1cccc(C(=O)O)c1. The van der Waals surface area contributed by atoms with Crippen molar-refractivity contribution in [3.8, 4) is 5.75 Å². The number of aromatic carboxylic acids is 1. The number of carbonyl (C=O) groups is 2. The Morgan fingerprint density at radius 3 is 2.21 bits per heavy atom. The number of carboxylic acids is 1. The Morgan fingerprint density at radius 1 is 0.857 bits per heavy atom. The van der Waals surface area contributed by atoms with Crippen molar-refractivity contribution in [1.82, 2.24) is 0 Å². The zero-order valence-electron chi connectivity index (χ0n) is 15.7. The minimum absolute atomic E-state index is 0.0625. The topological polar surface area (TPSA) is 63.6 Å². The maximum absolute atomic E-state index is 12.6. The van der Waals surface area contributed by atoms with Gasteiger partial charge in [-0.25, -0.2) is 4.79 Å². The third-order valence-corrected chi connectivity index (χ3v) is 4.56. The van der Waals surface area contributed by atoms with Crippen LogP contribution in [0.4, 0.5) is 0 Å². The Balaban J connectivity index is 1.59. The molecule has 4 heteroatoms. The van der Waals surface area contributed by atoms with E-state index in [2.05, 4.69) is 0 Å². The molecule has 0 fully saturated rings. The molecule has 0 bridgehead atoms. The van der Waals surface area contributed by atoms with Crippen molar-refractivity contribution >= 4 is 11.8 Å². The summed E-state index contributed by atoms with van der Waals surface area (Å²) in [6, 6.07) is 23.9. The molecule has 0 aliphatic heterocycles. The predicted octanol–water partition coefficient (Wildman–Crippen LogP) is 5.03. The van der Waals surface area contributed by atoms with Gasteiger partial charge in [0.05, 0.1) is 5.56 Å². The van der Waals surface area contributed by atoms with Crippen molar-refractivity contribution in [3.63, 3.8) is 0 Å². The molecule has 0 unspecified atom stereocenters. The van der Waals surface area contributed by atoms with Crippen molar-refractivity contribution in [3.05, 3.63) is 101 Å². The van der Waals surface area contributed by atoms with Crippen LogP contribution in [-0.4, -0.2) is 16.9 Å². The molecule has 142 valence electrons. The molecule has 3 aromatic carbocycles. The van der Waals surface area contributed by atoms with E-state index in [9.17, 15) is 9.59 Å². The van der Waals surface area contributed by atoms with Gasteiger partial charge in [0.25, 0.3) is 0 Å². The number of rotatable bonds is 8. The molecule has 0 spiro atoms. The molecule has 0 saturated carbocycles. The van der Waals surface area contributed by atoms with Gasteiger partial charge in [-0.2, -0.15) is 0 Å². The van der Waals surface area contributed by atoms with Gasteiger partial charge in [0, 0.05) is 11.5 Å². The minimum Gasteiger partial charge on any atom is -0.489 e. The molecule has 0 radical (unpaired) electrons. The normalized spacial score (nSPS) is 11.6. The number of Topliss-reactive ketones (excluding diaryl/α,β-unsaturated/α-hetero) is 1. The molecule has 0 saturated heterocycles. The highest BCUT2D eigenvalue weighted by Gasteiger charge is 2.17. The van der Waals surface area contributed by atoms with Crippen molar-refractivity contribution < 1.29 is 19.4 Å². The largest absolute Gasteiger partial charge is 0.489 e. The molecule has 0 heterocycles. The summed E-state index contributed by atoms with van der Waals surface area (Å²) >= 11 is 0. The average Bonchev–Trinajstić information content (AvgIpc) is 2.73. The van der Waals surface area contributed by atoms with Gasteiger partial charge in [-0.15, -0.1) is 0 Å². The molecule has 4 nitrogen and oxygen atoms in total. The maximum atomic E-state index is 12.6. The van der Waals surface area contributed by atoms with Crippen LogP contribution in [0, 0.1) is 5.92 Å². The quantitative estimate of drug-likeness (QED) is 0.562. The first kappa shape index (κ1) is 19.4. The lowest BCUT2D eigenvalue weighted by Crippen LogP contribution is -2.14. The van der Waals surface area contributed by atoms with E-state index in [4.69, 9.17) is 9.84 Å².